The third kappa shape index (κ3) is 2.57. The molecule has 0 spiro atoms. The highest BCUT2D eigenvalue weighted by Gasteiger charge is 2.18. The maximum absolute atomic E-state index is 10.1. The first-order valence-corrected chi connectivity index (χ1v) is 6.77. The zero-order valence-corrected chi connectivity index (χ0v) is 11.2. The second-order valence-electron chi connectivity index (χ2n) is 5.20. The Bertz CT molecular complexity index is 582. The van der Waals surface area contributed by atoms with E-state index in [1.54, 1.807) is 6.07 Å². The standard InChI is InChI=1S/C16H19NO2/c1-12-10-17(8-9-19-12)11-15-14-5-3-2-4-13(14)6-7-16(15)18/h2-7,12,18H,8-11H2,1H3. The molecule has 0 aromatic heterocycles. The van der Waals surface area contributed by atoms with Crippen LogP contribution in [-0.4, -0.2) is 35.8 Å². The van der Waals surface area contributed by atoms with E-state index < -0.39 is 0 Å². The van der Waals surface area contributed by atoms with Crippen LogP contribution in [-0.2, 0) is 11.3 Å². The van der Waals surface area contributed by atoms with E-state index in [2.05, 4.69) is 24.0 Å². The molecule has 0 bridgehead atoms. The zero-order valence-electron chi connectivity index (χ0n) is 11.2. The van der Waals surface area contributed by atoms with E-state index in [1.165, 1.54) is 5.39 Å². The second kappa shape index (κ2) is 5.19. The van der Waals surface area contributed by atoms with Gasteiger partial charge in [-0.1, -0.05) is 30.3 Å². The molecule has 2 aromatic carbocycles. The van der Waals surface area contributed by atoms with Gasteiger partial charge in [0.15, 0.2) is 0 Å². The fourth-order valence-corrected chi connectivity index (χ4v) is 2.75. The number of phenols is 1. The summed E-state index contributed by atoms with van der Waals surface area (Å²) in [6, 6.07) is 12.0. The first-order chi connectivity index (χ1) is 9.24. The van der Waals surface area contributed by atoms with Crippen LogP contribution in [0.4, 0.5) is 0 Å². The van der Waals surface area contributed by atoms with Crippen molar-refractivity contribution in [3.05, 3.63) is 42.0 Å². The van der Waals surface area contributed by atoms with Gasteiger partial charge >= 0.3 is 0 Å². The summed E-state index contributed by atoms with van der Waals surface area (Å²) in [5.41, 5.74) is 1.02. The van der Waals surface area contributed by atoms with Gasteiger partial charge in [0.1, 0.15) is 5.75 Å². The second-order valence-corrected chi connectivity index (χ2v) is 5.20. The molecular formula is C16H19NO2. The Balaban J connectivity index is 1.93. The summed E-state index contributed by atoms with van der Waals surface area (Å²) in [6.07, 6.45) is 0.269. The van der Waals surface area contributed by atoms with Gasteiger partial charge < -0.3 is 9.84 Å². The fourth-order valence-electron chi connectivity index (χ4n) is 2.75. The topological polar surface area (TPSA) is 32.7 Å². The molecule has 1 aliphatic rings. The molecule has 100 valence electrons. The van der Waals surface area contributed by atoms with Crippen molar-refractivity contribution < 1.29 is 9.84 Å². The van der Waals surface area contributed by atoms with Gasteiger partial charge in [-0.15, -0.1) is 0 Å². The highest BCUT2D eigenvalue weighted by Crippen LogP contribution is 2.28. The van der Waals surface area contributed by atoms with Crippen molar-refractivity contribution in [2.75, 3.05) is 19.7 Å². The molecule has 3 heteroatoms. The number of hydrogen-bond acceptors (Lipinski definition) is 3. The van der Waals surface area contributed by atoms with E-state index in [0.717, 1.165) is 37.2 Å². The van der Waals surface area contributed by atoms with Gasteiger partial charge in [0.25, 0.3) is 0 Å². The molecule has 2 aromatic rings. The zero-order chi connectivity index (χ0) is 13.2. The summed E-state index contributed by atoms with van der Waals surface area (Å²) in [4.78, 5) is 2.34. The number of morpholine rings is 1. The van der Waals surface area contributed by atoms with E-state index in [4.69, 9.17) is 4.74 Å². The number of nitrogens with zero attached hydrogens (tertiary/aromatic N) is 1. The third-order valence-electron chi connectivity index (χ3n) is 3.72. The number of rotatable bonds is 2. The average molecular weight is 257 g/mol. The minimum Gasteiger partial charge on any atom is -0.508 e. The Hall–Kier alpha value is -1.58. The lowest BCUT2D eigenvalue weighted by Crippen LogP contribution is -2.40. The van der Waals surface area contributed by atoms with Crippen LogP contribution in [0.5, 0.6) is 5.75 Å². The van der Waals surface area contributed by atoms with E-state index in [9.17, 15) is 5.11 Å². The van der Waals surface area contributed by atoms with E-state index in [0.29, 0.717) is 5.75 Å². The Morgan fingerprint density at radius 3 is 2.95 bits per heavy atom. The Labute approximate surface area is 113 Å². The maximum atomic E-state index is 10.1. The normalized spacial score (nSPS) is 20.8. The van der Waals surface area contributed by atoms with Gasteiger partial charge in [0, 0.05) is 25.2 Å². The van der Waals surface area contributed by atoms with Gasteiger partial charge in [-0.3, -0.25) is 4.90 Å². The molecule has 1 saturated heterocycles. The largest absolute Gasteiger partial charge is 0.508 e. The van der Waals surface area contributed by atoms with Crippen LogP contribution in [0.2, 0.25) is 0 Å². The minimum absolute atomic E-state index is 0.269. The summed E-state index contributed by atoms with van der Waals surface area (Å²) >= 11 is 0. The molecule has 0 aliphatic carbocycles. The first kappa shape index (κ1) is 12.5. The highest BCUT2D eigenvalue weighted by molar-refractivity contribution is 5.87. The molecule has 0 radical (unpaired) electrons. The van der Waals surface area contributed by atoms with Crippen molar-refractivity contribution in [2.45, 2.75) is 19.6 Å². The van der Waals surface area contributed by atoms with Crippen LogP contribution in [0, 0.1) is 0 Å². The number of fused-ring (bicyclic) bond motifs is 1. The van der Waals surface area contributed by atoms with E-state index in [1.807, 2.05) is 18.2 Å². The van der Waals surface area contributed by atoms with E-state index in [-0.39, 0.29) is 6.10 Å². The van der Waals surface area contributed by atoms with Crippen molar-refractivity contribution in [2.24, 2.45) is 0 Å². The quantitative estimate of drug-likeness (QED) is 0.898. The van der Waals surface area contributed by atoms with Crippen LogP contribution in [0.1, 0.15) is 12.5 Å². The predicted octanol–water partition coefficient (Wildman–Crippen LogP) is 2.77. The fraction of sp³-hybridized carbons (Fsp3) is 0.375. The molecule has 1 unspecified atom stereocenters. The maximum Gasteiger partial charge on any atom is 0.120 e. The summed E-state index contributed by atoms with van der Waals surface area (Å²) in [5.74, 6) is 0.387. The lowest BCUT2D eigenvalue weighted by Gasteiger charge is -2.31. The molecule has 3 nitrogen and oxygen atoms in total. The molecule has 1 aliphatic heterocycles. The lowest BCUT2D eigenvalue weighted by atomic mass is 10.0. The minimum atomic E-state index is 0.269. The van der Waals surface area contributed by atoms with Crippen molar-refractivity contribution in [3.63, 3.8) is 0 Å². The molecule has 3 rings (SSSR count). The summed E-state index contributed by atoms with van der Waals surface area (Å²) in [7, 11) is 0. The molecule has 1 N–H and O–H groups in total. The summed E-state index contributed by atoms with van der Waals surface area (Å²) in [6.45, 7) is 5.48. The highest BCUT2D eigenvalue weighted by atomic mass is 16.5. The predicted molar refractivity (Wildman–Crippen MR) is 76.3 cm³/mol. The Morgan fingerprint density at radius 1 is 1.26 bits per heavy atom. The SMILES string of the molecule is CC1CN(Cc2c(O)ccc3ccccc23)CCO1. The van der Waals surface area contributed by atoms with Crippen molar-refractivity contribution in [1.82, 2.24) is 4.90 Å². The van der Waals surface area contributed by atoms with Gasteiger partial charge in [-0.25, -0.2) is 0 Å². The van der Waals surface area contributed by atoms with Gasteiger partial charge in [-0.05, 0) is 23.8 Å². The van der Waals surface area contributed by atoms with Gasteiger partial charge in [-0.2, -0.15) is 0 Å². The van der Waals surface area contributed by atoms with Crippen LogP contribution >= 0.6 is 0 Å². The lowest BCUT2D eigenvalue weighted by molar-refractivity contribution is -0.0212. The monoisotopic (exact) mass is 257 g/mol. The Kier molecular flexibility index (Phi) is 3.40. The van der Waals surface area contributed by atoms with Crippen molar-refractivity contribution >= 4 is 10.8 Å². The number of aromatic hydroxyl groups is 1. The summed E-state index contributed by atoms with van der Waals surface area (Å²) < 4.78 is 5.56. The number of benzene rings is 2. The first-order valence-electron chi connectivity index (χ1n) is 6.77. The molecule has 0 amide bonds. The summed E-state index contributed by atoms with van der Waals surface area (Å²) in [5, 5.41) is 12.5. The number of hydrogen-bond donors (Lipinski definition) is 1. The number of ether oxygens (including phenoxy) is 1. The van der Waals surface area contributed by atoms with E-state index >= 15 is 0 Å². The van der Waals surface area contributed by atoms with Gasteiger partial charge in [0.05, 0.1) is 12.7 Å². The van der Waals surface area contributed by atoms with Gasteiger partial charge in [0.2, 0.25) is 0 Å². The molecular weight excluding hydrogens is 238 g/mol. The van der Waals surface area contributed by atoms with Crippen LogP contribution in [0.25, 0.3) is 10.8 Å². The van der Waals surface area contributed by atoms with Crippen LogP contribution < -0.4 is 0 Å². The van der Waals surface area contributed by atoms with Crippen LogP contribution in [0.3, 0.4) is 0 Å². The Morgan fingerprint density at radius 2 is 2.11 bits per heavy atom. The third-order valence-corrected chi connectivity index (χ3v) is 3.72. The molecule has 0 saturated carbocycles. The number of phenolic OH excluding ortho intramolecular Hbond substituents is 1. The van der Waals surface area contributed by atoms with Crippen molar-refractivity contribution in [1.29, 1.82) is 0 Å². The smallest absolute Gasteiger partial charge is 0.120 e. The molecule has 1 atom stereocenters. The molecule has 19 heavy (non-hydrogen) atoms. The van der Waals surface area contributed by atoms with Crippen LogP contribution in [0.15, 0.2) is 36.4 Å². The average Bonchev–Trinajstić information content (AvgIpc) is 2.42. The van der Waals surface area contributed by atoms with Crippen molar-refractivity contribution in [3.8, 4) is 5.75 Å². The molecule has 1 heterocycles. The molecule has 1 fully saturated rings.